The molecule has 0 bridgehead atoms. The van der Waals surface area contributed by atoms with E-state index >= 15 is 0 Å². The summed E-state index contributed by atoms with van der Waals surface area (Å²) >= 11 is 0. The lowest BCUT2D eigenvalue weighted by Crippen LogP contribution is -2.46. The second kappa shape index (κ2) is 11.6. The molecule has 6 nitrogen and oxygen atoms in total. The van der Waals surface area contributed by atoms with E-state index in [0.717, 1.165) is 43.0 Å². The van der Waals surface area contributed by atoms with Crippen molar-refractivity contribution in [3.05, 3.63) is 23.8 Å². The van der Waals surface area contributed by atoms with Crippen molar-refractivity contribution in [2.75, 3.05) is 26.5 Å². The molecule has 3 unspecified atom stereocenters. The second-order valence-electron chi connectivity index (χ2n) is 6.70. The van der Waals surface area contributed by atoms with Gasteiger partial charge in [0.15, 0.2) is 17.5 Å². The predicted molar refractivity (Wildman–Crippen MR) is 115 cm³/mol. The van der Waals surface area contributed by atoms with Crippen LogP contribution in [0.15, 0.2) is 23.2 Å². The predicted octanol–water partition coefficient (Wildman–Crippen LogP) is 2.45. The lowest BCUT2D eigenvalue weighted by molar-refractivity contribution is 0.330. The van der Waals surface area contributed by atoms with Crippen molar-refractivity contribution in [1.29, 1.82) is 0 Å². The summed E-state index contributed by atoms with van der Waals surface area (Å²) in [5.41, 5.74) is 1.03. The van der Waals surface area contributed by atoms with Crippen molar-refractivity contribution in [2.24, 2.45) is 4.99 Å². The molecule has 0 amide bonds. The Bertz CT molecular complexity index is 730. The van der Waals surface area contributed by atoms with Gasteiger partial charge in [0, 0.05) is 41.4 Å². The molecule has 0 saturated heterocycles. The van der Waals surface area contributed by atoms with Gasteiger partial charge in [-0.15, -0.1) is 6.42 Å². The van der Waals surface area contributed by atoms with E-state index in [-0.39, 0.29) is 11.9 Å². The number of nitrogens with zero attached hydrogens (tertiary/aromatic N) is 1. The number of hydrogen-bond acceptors (Lipinski definition) is 4. The number of guanidine groups is 1. The monoisotopic (exact) mass is 405 g/mol. The highest BCUT2D eigenvalue weighted by atomic mass is 32.2. The zero-order valence-corrected chi connectivity index (χ0v) is 17.8. The first-order valence-electron chi connectivity index (χ1n) is 9.68. The van der Waals surface area contributed by atoms with Crippen LogP contribution in [0.3, 0.4) is 0 Å². The van der Waals surface area contributed by atoms with Gasteiger partial charge in [0.05, 0.1) is 7.11 Å². The van der Waals surface area contributed by atoms with Gasteiger partial charge >= 0.3 is 0 Å². The van der Waals surface area contributed by atoms with Crippen LogP contribution in [-0.2, 0) is 17.3 Å². The van der Waals surface area contributed by atoms with E-state index in [1.54, 1.807) is 14.2 Å². The smallest absolute Gasteiger partial charge is 0.191 e. The largest absolute Gasteiger partial charge is 0.493 e. The summed E-state index contributed by atoms with van der Waals surface area (Å²) in [5.74, 6) is 5.21. The minimum atomic E-state index is -0.733. The van der Waals surface area contributed by atoms with Crippen molar-refractivity contribution in [1.82, 2.24) is 10.6 Å². The molecule has 1 aliphatic carbocycles. The maximum Gasteiger partial charge on any atom is 0.191 e. The fourth-order valence-electron chi connectivity index (χ4n) is 3.39. The van der Waals surface area contributed by atoms with Crippen LogP contribution >= 0.6 is 0 Å². The normalized spacial score (nSPS) is 20.7. The number of hydrogen-bond donors (Lipinski definition) is 2. The summed E-state index contributed by atoms with van der Waals surface area (Å²) in [6.45, 7) is 2.77. The zero-order chi connectivity index (χ0) is 20.4. The van der Waals surface area contributed by atoms with Gasteiger partial charge in [-0.25, -0.2) is 0 Å². The van der Waals surface area contributed by atoms with Crippen molar-refractivity contribution >= 4 is 16.8 Å². The van der Waals surface area contributed by atoms with Crippen LogP contribution in [0.2, 0.25) is 0 Å². The van der Waals surface area contributed by atoms with E-state index in [0.29, 0.717) is 24.1 Å². The fraction of sp³-hybridized carbons (Fsp3) is 0.571. The van der Waals surface area contributed by atoms with Gasteiger partial charge in [0.1, 0.15) is 6.61 Å². The van der Waals surface area contributed by atoms with Gasteiger partial charge < -0.3 is 20.1 Å². The molecule has 0 aliphatic heterocycles. The maximum absolute atomic E-state index is 12.1. The molecule has 2 rings (SSSR count). The van der Waals surface area contributed by atoms with Crippen molar-refractivity contribution < 1.29 is 13.7 Å². The molecule has 1 aromatic carbocycles. The molecular weight excluding hydrogens is 374 g/mol. The number of rotatable bonds is 8. The third-order valence-electron chi connectivity index (χ3n) is 4.85. The Kier molecular flexibility index (Phi) is 9.15. The van der Waals surface area contributed by atoms with E-state index in [2.05, 4.69) is 21.5 Å². The number of terminal acetylenes is 1. The number of benzene rings is 1. The number of aliphatic imine (C=N–C) groups is 1. The number of methoxy groups -OCH3 is 1. The first-order valence-corrected chi connectivity index (χ1v) is 11.1. The first kappa shape index (κ1) is 22.1. The summed E-state index contributed by atoms with van der Waals surface area (Å²) in [7, 11) is 2.63. The lowest BCUT2D eigenvalue weighted by Gasteiger charge is -2.30. The molecule has 28 heavy (non-hydrogen) atoms. The Hall–Kier alpha value is -2.20. The van der Waals surface area contributed by atoms with Gasteiger partial charge in [-0.05, 0) is 37.0 Å². The molecule has 0 radical (unpaired) electrons. The molecule has 1 saturated carbocycles. The van der Waals surface area contributed by atoms with Gasteiger partial charge in [0.2, 0.25) is 0 Å². The molecular formula is C21H31N3O3S. The van der Waals surface area contributed by atoms with Crippen molar-refractivity contribution in [2.45, 2.75) is 50.4 Å². The zero-order valence-electron chi connectivity index (χ0n) is 17.0. The van der Waals surface area contributed by atoms with Gasteiger partial charge in [-0.2, -0.15) is 0 Å². The minimum Gasteiger partial charge on any atom is -0.493 e. The molecule has 1 fully saturated rings. The van der Waals surface area contributed by atoms with E-state index < -0.39 is 10.8 Å². The van der Waals surface area contributed by atoms with Crippen molar-refractivity contribution in [3.8, 4) is 23.8 Å². The van der Waals surface area contributed by atoms with Crippen LogP contribution in [0.1, 0.15) is 38.2 Å². The van der Waals surface area contributed by atoms with Gasteiger partial charge in [-0.1, -0.05) is 25.3 Å². The SMILES string of the molecule is C#CCOc1cc(CNC(=NC)NC2CCCC(S(=O)CC)C2)ccc1OC. The molecule has 1 aromatic rings. The minimum absolute atomic E-state index is 0.193. The summed E-state index contributed by atoms with van der Waals surface area (Å²) in [4.78, 5) is 4.33. The average molecular weight is 406 g/mol. The molecule has 0 spiro atoms. The molecule has 0 heterocycles. The summed E-state index contributed by atoms with van der Waals surface area (Å²) in [6, 6.07) is 6.05. The highest BCUT2D eigenvalue weighted by Gasteiger charge is 2.26. The first-order chi connectivity index (χ1) is 13.6. The standard InChI is InChI=1S/C21H31N3O3S/c1-5-12-27-20-13-16(10-11-19(20)26-4)15-23-21(22-3)24-17-8-7-9-18(14-17)28(25)6-2/h1,10-11,13,17-18H,6-9,12,14-15H2,2-4H3,(H2,22,23,24). The van der Waals surface area contributed by atoms with Crippen LogP contribution in [-0.4, -0.2) is 48.0 Å². The molecule has 1 aliphatic rings. The lowest BCUT2D eigenvalue weighted by atomic mass is 9.95. The molecule has 154 valence electrons. The molecule has 7 heteroatoms. The van der Waals surface area contributed by atoms with Crippen LogP contribution in [0.4, 0.5) is 0 Å². The Morgan fingerprint density at radius 3 is 2.89 bits per heavy atom. The van der Waals surface area contributed by atoms with Crippen LogP contribution in [0, 0.1) is 12.3 Å². The van der Waals surface area contributed by atoms with Crippen molar-refractivity contribution in [3.63, 3.8) is 0 Å². The Morgan fingerprint density at radius 1 is 1.39 bits per heavy atom. The van der Waals surface area contributed by atoms with Crippen LogP contribution < -0.4 is 20.1 Å². The summed E-state index contributed by atoms with van der Waals surface area (Å²) < 4.78 is 23.0. The van der Waals surface area contributed by atoms with Crippen LogP contribution in [0.5, 0.6) is 11.5 Å². The molecule has 0 aromatic heterocycles. The fourth-order valence-corrected chi connectivity index (χ4v) is 4.74. The van der Waals surface area contributed by atoms with Crippen LogP contribution in [0.25, 0.3) is 0 Å². The van der Waals surface area contributed by atoms with Gasteiger partial charge in [0.25, 0.3) is 0 Å². The van der Waals surface area contributed by atoms with E-state index in [4.69, 9.17) is 15.9 Å². The van der Waals surface area contributed by atoms with Gasteiger partial charge in [-0.3, -0.25) is 9.20 Å². The molecule has 3 atom stereocenters. The van der Waals surface area contributed by atoms with E-state index in [9.17, 15) is 4.21 Å². The Balaban J connectivity index is 1.93. The number of nitrogens with one attached hydrogen (secondary N) is 2. The maximum atomic E-state index is 12.1. The second-order valence-corrected chi connectivity index (χ2v) is 8.71. The number of ether oxygens (including phenoxy) is 2. The summed E-state index contributed by atoms with van der Waals surface area (Å²) in [6.07, 6.45) is 9.42. The topological polar surface area (TPSA) is 72.0 Å². The Labute approximate surface area is 170 Å². The van der Waals surface area contributed by atoms with E-state index in [1.165, 1.54) is 0 Å². The third-order valence-corrected chi connectivity index (χ3v) is 6.59. The highest BCUT2D eigenvalue weighted by Crippen LogP contribution is 2.28. The Morgan fingerprint density at radius 2 is 2.21 bits per heavy atom. The quantitative estimate of drug-likeness (QED) is 0.395. The van der Waals surface area contributed by atoms with E-state index in [1.807, 2.05) is 25.1 Å². The third kappa shape index (κ3) is 6.45. The average Bonchev–Trinajstić information content (AvgIpc) is 2.74. The molecule has 2 N–H and O–H groups in total. The summed E-state index contributed by atoms with van der Waals surface area (Å²) in [5, 5.41) is 7.10. The highest BCUT2D eigenvalue weighted by molar-refractivity contribution is 7.85.